The average Bonchev–Trinajstić information content (AvgIpc) is 2.59. The van der Waals surface area contributed by atoms with Gasteiger partial charge >= 0.3 is 6.09 Å². The van der Waals surface area contributed by atoms with Gasteiger partial charge in [0.1, 0.15) is 5.60 Å². The third-order valence-corrected chi connectivity index (χ3v) is 3.66. The van der Waals surface area contributed by atoms with E-state index >= 15 is 0 Å². The number of hydrogen-bond acceptors (Lipinski definition) is 3. The average molecular weight is 227 g/mol. The molecule has 2 fully saturated rings. The first-order valence-electron chi connectivity index (χ1n) is 5.98. The van der Waals surface area contributed by atoms with Crippen molar-refractivity contribution in [3.8, 4) is 0 Å². The third-order valence-electron chi connectivity index (χ3n) is 3.66. The maximum absolute atomic E-state index is 11.8. The molecule has 16 heavy (non-hydrogen) atoms. The van der Waals surface area contributed by atoms with Gasteiger partial charge in [0.05, 0.1) is 6.10 Å². The molecule has 0 bridgehead atoms. The maximum Gasteiger partial charge on any atom is 0.410 e. The molecule has 1 aliphatic carbocycles. The molecule has 1 heterocycles. The Bertz CT molecular complexity index is 297. The van der Waals surface area contributed by atoms with Crippen LogP contribution in [0.4, 0.5) is 4.79 Å². The molecule has 0 aromatic carbocycles. The van der Waals surface area contributed by atoms with E-state index in [0.717, 1.165) is 19.3 Å². The van der Waals surface area contributed by atoms with Crippen LogP contribution in [-0.4, -0.2) is 40.9 Å². The monoisotopic (exact) mass is 227 g/mol. The number of likely N-dealkylation sites (tertiary alicyclic amines) is 1. The Balaban J connectivity index is 1.91. The Morgan fingerprint density at radius 2 is 2.12 bits per heavy atom. The molecule has 4 nitrogen and oxygen atoms in total. The zero-order valence-corrected chi connectivity index (χ0v) is 10.3. The molecule has 92 valence electrons. The summed E-state index contributed by atoms with van der Waals surface area (Å²) < 4.78 is 5.32. The first kappa shape index (κ1) is 11.7. The summed E-state index contributed by atoms with van der Waals surface area (Å²) in [7, 11) is 0. The van der Waals surface area contributed by atoms with Gasteiger partial charge in [-0.15, -0.1) is 0 Å². The molecule has 0 unspecified atom stereocenters. The van der Waals surface area contributed by atoms with Crippen molar-refractivity contribution in [2.24, 2.45) is 5.41 Å². The van der Waals surface area contributed by atoms with Crippen molar-refractivity contribution < 1.29 is 14.6 Å². The summed E-state index contributed by atoms with van der Waals surface area (Å²) in [6, 6.07) is 0. The van der Waals surface area contributed by atoms with Crippen molar-refractivity contribution in [3.05, 3.63) is 0 Å². The van der Waals surface area contributed by atoms with Crippen LogP contribution < -0.4 is 0 Å². The van der Waals surface area contributed by atoms with Crippen LogP contribution in [-0.2, 0) is 4.74 Å². The van der Waals surface area contributed by atoms with Gasteiger partial charge in [-0.25, -0.2) is 4.79 Å². The van der Waals surface area contributed by atoms with Gasteiger partial charge in [-0.1, -0.05) is 0 Å². The number of hydrogen-bond donors (Lipinski definition) is 1. The lowest BCUT2D eigenvalue weighted by atomic mass is 9.66. The van der Waals surface area contributed by atoms with Gasteiger partial charge in [0, 0.05) is 18.5 Å². The third kappa shape index (κ3) is 2.03. The van der Waals surface area contributed by atoms with Gasteiger partial charge < -0.3 is 14.7 Å². The predicted molar refractivity (Wildman–Crippen MR) is 60.1 cm³/mol. The summed E-state index contributed by atoms with van der Waals surface area (Å²) in [6.07, 6.45) is 2.35. The van der Waals surface area contributed by atoms with Crippen LogP contribution in [0.15, 0.2) is 0 Å². The molecule has 4 heteroatoms. The molecule has 0 aromatic heterocycles. The van der Waals surface area contributed by atoms with Crippen molar-refractivity contribution in [2.45, 2.75) is 51.7 Å². The van der Waals surface area contributed by atoms with E-state index < -0.39 is 5.60 Å². The molecule has 2 rings (SSSR count). The van der Waals surface area contributed by atoms with E-state index in [1.807, 2.05) is 20.8 Å². The first-order chi connectivity index (χ1) is 7.32. The molecule has 2 atom stereocenters. The number of nitrogens with zero attached hydrogens (tertiary/aromatic N) is 1. The van der Waals surface area contributed by atoms with Crippen LogP contribution in [0, 0.1) is 5.41 Å². The molecule has 1 spiro atoms. The molecule has 0 radical (unpaired) electrons. The van der Waals surface area contributed by atoms with Crippen molar-refractivity contribution >= 4 is 6.09 Å². The number of amides is 1. The van der Waals surface area contributed by atoms with E-state index in [2.05, 4.69) is 0 Å². The Kier molecular flexibility index (Phi) is 2.65. The molecule has 1 amide bonds. The summed E-state index contributed by atoms with van der Waals surface area (Å²) in [4.78, 5) is 13.5. The molecule has 1 N–H and O–H groups in total. The zero-order valence-electron chi connectivity index (χ0n) is 10.3. The maximum atomic E-state index is 11.8. The number of aliphatic hydroxyl groups is 1. The van der Waals surface area contributed by atoms with Gasteiger partial charge in [0.2, 0.25) is 0 Å². The van der Waals surface area contributed by atoms with Crippen molar-refractivity contribution in [2.75, 3.05) is 13.1 Å². The smallest absolute Gasteiger partial charge is 0.410 e. The van der Waals surface area contributed by atoms with E-state index in [9.17, 15) is 9.90 Å². The molecular formula is C12H21NO3. The highest BCUT2D eigenvalue weighted by Gasteiger charge is 2.51. The van der Waals surface area contributed by atoms with E-state index in [1.54, 1.807) is 4.90 Å². The minimum atomic E-state index is -0.439. The Hall–Kier alpha value is -0.770. The van der Waals surface area contributed by atoms with Gasteiger partial charge in [-0.3, -0.25) is 0 Å². The number of rotatable bonds is 0. The van der Waals surface area contributed by atoms with Crippen molar-refractivity contribution in [3.63, 3.8) is 0 Å². The Morgan fingerprint density at radius 1 is 1.44 bits per heavy atom. The van der Waals surface area contributed by atoms with Crippen LogP contribution in [0.5, 0.6) is 0 Å². The lowest BCUT2D eigenvalue weighted by Gasteiger charge is -2.43. The largest absolute Gasteiger partial charge is 0.444 e. The number of carbonyl (C=O) groups is 1. The zero-order chi connectivity index (χ0) is 12.0. The van der Waals surface area contributed by atoms with Crippen LogP contribution in [0.2, 0.25) is 0 Å². The van der Waals surface area contributed by atoms with E-state index in [1.165, 1.54) is 0 Å². The quantitative estimate of drug-likeness (QED) is 0.686. The molecule has 1 saturated carbocycles. The van der Waals surface area contributed by atoms with Gasteiger partial charge in [-0.05, 0) is 40.0 Å². The molecule has 1 aliphatic heterocycles. The van der Waals surface area contributed by atoms with Crippen LogP contribution in [0.25, 0.3) is 0 Å². The number of ether oxygens (including phenoxy) is 1. The molecule has 1 saturated heterocycles. The number of aliphatic hydroxyl groups excluding tert-OH is 1. The van der Waals surface area contributed by atoms with Gasteiger partial charge in [0.25, 0.3) is 0 Å². The second kappa shape index (κ2) is 3.62. The minimum absolute atomic E-state index is 0.0170. The summed E-state index contributed by atoms with van der Waals surface area (Å²) in [6.45, 7) is 6.98. The Morgan fingerprint density at radius 3 is 2.50 bits per heavy atom. The van der Waals surface area contributed by atoms with Gasteiger partial charge in [0.15, 0.2) is 0 Å². The second-order valence-corrected chi connectivity index (χ2v) is 6.07. The molecular weight excluding hydrogens is 206 g/mol. The summed E-state index contributed by atoms with van der Waals surface area (Å²) in [5.41, 5.74) is -0.456. The topological polar surface area (TPSA) is 49.8 Å². The SMILES string of the molecule is CC(C)(C)OC(=O)N1CC[C@@]2(CC[C@H]2O)C1. The highest BCUT2D eigenvalue weighted by atomic mass is 16.6. The lowest BCUT2D eigenvalue weighted by Crippen LogP contribution is -2.47. The molecule has 2 aliphatic rings. The minimum Gasteiger partial charge on any atom is -0.444 e. The second-order valence-electron chi connectivity index (χ2n) is 6.07. The first-order valence-corrected chi connectivity index (χ1v) is 5.98. The number of carbonyl (C=O) groups excluding carboxylic acids is 1. The highest BCUT2D eigenvalue weighted by Crippen LogP contribution is 2.48. The van der Waals surface area contributed by atoms with E-state index in [0.29, 0.717) is 13.1 Å². The van der Waals surface area contributed by atoms with E-state index in [-0.39, 0.29) is 17.6 Å². The van der Waals surface area contributed by atoms with E-state index in [4.69, 9.17) is 4.74 Å². The standard InChI is InChI=1S/C12H21NO3/c1-11(2,3)16-10(15)13-7-6-12(8-13)5-4-9(12)14/h9,14H,4-8H2,1-3H3/t9-,12+/m1/s1. The van der Waals surface area contributed by atoms with Crippen molar-refractivity contribution in [1.29, 1.82) is 0 Å². The lowest BCUT2D eigenvalue weighted by molar-refractivity contribution is -0.0575. The fourth-order valence-corrected chi connectivity index (χ4v) is 2.54. The summed E-state index contributed by atoms with van der Waals surface area (Å²) in [5, 5.41) is 9.75. The fourth-order valence-electron chi connectivity index (χ4n) is 2.54. The Labute approximate surface area is 96.6 Å². The fraction of sp³-hybridized carbons (Fsp3) is 0.917. The van der Waals surface area contributed by atoms with Crippen molar-refractivity contribution in [1.82, 2.24) is 4.90 Å². The van der Waals surface area contributed by atoms with Crippen LogP contribution in [0.1, 0.15) is 40.0 Å². The summed E-state index contributed by atoms with van der Waals surface area (Å²) in [5.74, 6) is 0. The normalized spacial score (nSPS) is 34.0. The molecule has 0 aromatic rings. The highest BCUT2D eigenvalue weighted by molar-refractivity contribution is 5.68. The van der Waals surface area contributed by atoms with Crippen LogP contribution >= 0.6 is 0 Å². The van der Waals surface area contributed by atoms with Gasteiger partial charge in [-0.2, -0.15) is 0 Å². The van der Waals surface area contributed by atoms with Crippen LogP contribution in [0.3, 0.4) is 0 Å². The predicted octanol–water partition coefficient (Wildman–Crippen LogP) is 1.77. The summed E-state index contributed by atoms with van der Waals surface area (Å²) >= 11 is 0.